The molecular formula is C17H17N5S. The molecule has 0 saturated heterocycles. The highest BCUT2D eigenvalue weighted by atomic mass is 32.1. The number of benzene rings is 1. The Labute approximate surface area is 139 Å². The van der Waals surface area contributed by atoms with Crippen molar-refractivity contribution in [3.05, 3.63) is 53.0 Å². The Morgan fingerprint density at radius 1 is 1.22 bits per heavy atom. The van der Waals surface area contributed by atoms with Gasteiger partial charge in [-0.05, 0) is 55.1 Å². The maximum absolute atomic E-state index is 4.66. The van der Waals surface area contributed by atoms with Crippen LogP contribution in [0, 0.1) is 6.92 Å². The smallest absolute Gasteiger partial charge is 0.230 e. The number of hydrogen-bond acceptors (Lipinski definition) is 6. The third-order valence-electron chi connectivity index (χ3n) is 3.95. The van der Waals surface area contributed by atoms with Gasteiger partial charge in [-0.25, -0.2) is 4.98 Å². The van der Waals surface area contributed by atoms with Crippen LogP contribution in [0.3, 0.4) is 0 Å². The molecule has 6 heteroatoms. The van der Waals surface area contributed by atoms with Crippen LogP contribution in [0.4, 0.5) is 23.3 Å². The summed E-state index contributed by atoms with van der Waals surface area (Å²) in [5.41, 5.74) is 3.95. The van der Waals surface area contributed by atoms with Gasteiger partial charge in [-0.15, -0.1) is 0 Å². The summed E-state index contributed by atoms with van der Waals surface area (Å²) < 4.78 is 4.24. The first-order chi connectivity index (χ1) is 11.3. The van der Waals surface area contributed by atoms with Gasteiger partial charge in [-0.1, -0.05) is 17.7 Å². The van der Waals surface area contributed by atoms with Crippen molar-refractivity contribution in [2.24, 2.45) is 0 Å². The lowest BCUT2D eigenvalue weighted by Gasteiger charge is -2.30. The van der Waals surface area contributed by atoms with Crippen LogP contribution in [-0.2, 0) is 6.42 Å². The van der Waals surface area contributed by atoms with E-state index in [-0.39, 0.29) is 0 Å². The SMILES string of the molecule is Cc1ccc2c(c1)CCCN2c1ccnc(Nc2ccsn2)n1. The largest absolute Gasteiger partial charge is 0.326 e. The lowest BCUT2D eigenvalue weighted by molar-refractivity contribution is 0.758. The molecule has 116 valence electrons. The van der Waals surface area contributed by atoms with Crippen molar-refractivity contribution in [3.8, 4) is 0 Å². The minimum absolute atomic E-state index is 0.577. The summed E-state index contributed by atoms with van der Waals surface area (Å²) in [7, 11) is 0. The van der Waals surface area contributed by atoms with Crippen LogP contribution in [-0.4, -0.2) is 20.9 Å². The fraction of sp³-hybridized carbons (Fsp3) is 0.235. The zero-order chi connectivity index (χ0) is 15.6. The molecule has 23 heavy (non-hydrogen) atoms. The van der Waals surface area contributed by atoms with E-state index in [2.05, 4.69) is 49.7 Å². The topological polar surface area (TPSA) is 53.9 Å². The highest BCUT2D eigenvalue weighted by Crippen LogP contribution is 2.33. The molecule has 3 heterocycles. The molecule has 0 aliphatic carbocycles. The van der Waals surface area contributed by atoms with E-state index in [4.69, 9.17) is 0 Å². The Balaban J connectivity index is 1.66. The zero-order valence-electron chi connectivity index (χ0n) is 12.9. The minimum atomic E-state index is 0.577. The normalized spacial score (nSPS) is 13.7. The van der Waals surface area contributed by atoms with Crippen molar-refractivity contribution >= 4 is 34.8 Å². The summed E-state index contributed by atoms with van der Waals surface area (Å²) in [6.45, 7) is 3.11. The second kappa shape index (κ2) is 5.96. The molecule has 1 aliphatic heterocycles. The van der Waals surface area contributed by atoms with E-state index < -0.39 is 0 Å². The van der Waals surface area contributed by atoms with Gasteiger partial charge >= 0.3 is 0 Å². The van der Waals surface area contributed by atoms with Crippen molar-refractivity contribution in [1.82, 2.24) is 14.3 Å². The minimum Gasteiger partial charge on any atom is -0.326 e. The first-order valence-corrected chi connectivity index (χ1v) is 8.51. The van der Waals surface area contributed by atoms with Gasteiger partial charge in [0.2, 0.25) is 5.95 Å². The van der Waals surface area contributed by atoms with E-state index in [9.17, 15) is 0 Å². The molecule has 0 fully saturated rings. The molecule has 5 nitrogen and oxygen atoms in total. The van der Waals surface area contributed by atoms with Gasteiger partial charge in [-0.3, -0.25) is 0 Å². The van der Waals surface area contributed by atoms with Crippen molar-refractivity contribution in [3.63, 3.8) is 0 Å². The fourth-order valence-corrected chi connectivity index (χ4v) is 3.39. The van der Waals surface area contributed by atoms with Crippen LogP contribution < -0.4 is 10.2 Å². The predicted octanol–water partition coefficient (Wildman–Crippen LogP) is 4.07. The predicted molar refractivity (Wildman–Crippen MR) is 93.9 cm³/mol. The average Bonchev–Trinajstić information content (AvgIpc) is 3.07. The average molecular weight is 323 g/mol. The molecule has 0 atom stereocenters. The van der Waals surface area contributed by atoms with Gasteiger partial charge in [0, 0.05) is 23.8 Å². The van der Waals surface area contributed by atoms with E-state index in [1.54, 1.807) is 6.20 Å². The third kappa shape index (κ3) is 2.90. The highest BCUT2D eigenvalue weighted by molar-refractivity contribution is 7.03. The summed E-state index contributed by atoms with van der Waals surface area (Å²) in [4.78, 5) is 11.2. The monoisotopic (exact) mass is 323 g/mol. The molecule has 0 saturated carbocycles. The Bertz CT molecular complexity index is 816. The molecule has 0 amide bonds. The molecule has 0 radical (unpaired) electrons. The van der Waals surface area contributed by atoms with Crippen molar-refractivity contribution in [2.75, 3.05) is 16.8 Å². The summed E-state index contributed by atoms with van der Waals surface area (Å²) in [6.07, 6.45) is 4.05. The molecule has 0 unspecified atom stereocenters. The van der Waals surface area contributed by atoms with Gasteiger partial charge < -0.3 is 10.2 Å². The molecule has 0 spiro atoms. The van der Waals surface area contributed by atoms with Crippen LogP contribution in [0.15, 0.2) is 41.9 Å². The highest BCUT2D eigenvalue weighted by Gasteiger charge is 2.19. The summed E-state index contributed by atoms with van der Waals surface area (Å²) in [6, 6.07) is 10.5. The number of hydrogen-bond donors (Lipinski definition) is 1. The van der Waals surface area contributed by atoms with Crippen LogP contribution in [0.2, 0.25) is 0 Å². The maximum atomic E-state index is 4.66. The number of nitrogens with zero attached hydrogens (tertiary/aromatic N) is 4. The molecule has 2 aromatic heterocycles. The van der Waals surface area contributed by atoms with Gasteiger partial charge in [0.05, 0.1) is 0 Å². The maximum Gasteiger partial charge on any atom is 0.230 e. The summed E-state index contributed by atoms with van der Waals surface area (Å²) >= 11 is 1.40. The van der Waals surface area contributed by atoms with Gasteiger partial charge in [0.1, 0.15) is 11.6 Å². The van der Waals surface area contributed by atoms with Crippen LogP contribution in [0.5, 0.6) is 0 Å². The Kier molecular flexibility index (Phi) is 3.67. The number of aromatic nitrogens is 3. The van der Waals surface area contributed by atoms with Crippen molar-refractivity contribution in [2.45, 2.75) is 19.8 Å². The number of rotatable bonds is 3. The van der Waals surface area contributed by atoms with E-state index >= 15 is 0 Å². The second-order valence-electron chi connectivity index (χ2n) is 5.64. The first-order valence-electron chi connectivity index (χ1n) is 7.67. The number of fused-ring (bicyclic) bond motifs is 1. The van der Waals surface area contributed by atoms with Crippen molar-refractivity contribution in [1.29, 1.82) is 0 Å². The summed E-state index contributed by atoms with van der Waals surface area (Å²) in [5.74, 6) is 2.27. The quantitative estimate of drug-likeness (QED) is 0.787. The Morgan fingerprint density at radius 2 is 2.17 bits per heavy atom. The van der Waals surface area contributed by atoms with Crippen molar-refractivity contribution < 1.29 is 0 Å². The molecular weight excluding hydrogens is 306 g/mol. The van der Waals surface area contributed by atoms with Gasteiger partial charge in [0.15, 0.2) is 0 Å². The first kappa shape index (κ1) is 14.1. The fourth-order valence-electron chi connectivity index (χ4n) is 2.92. The number of aryl methyl sites for hydroxylation is 2. The molecule has 1 aromatic carbocycles. The van der Waals surface area contributed by atoms with E-state index in [0.29, 0.717) is 5.95 Å². The standard InChI is InChI=1S/C17H17N5S/c1-12-4-5-14-13(11-12)3-2-9-22(14)16-6-8-18-17(20-16)19-15-7-10-23-21-15/h4-8,10-11H,2-3,9H2,1H3,(H,18,19,20,21). The zero-order valence-corrected chi connectivity index (χ0v) is 13.7. The second-order valence-corrected chi connectivity index (χ2v) is 6.30. The van der Waals surface area contributed by atoms with E-state index in [0.717, 1.165) is 31.0 Å². The Morgan fingerprint density at radius 3 is 3.04 bits per heavy atom. The molecule has 3 aromatic rings. The summed E-state index contributed by atoms with van der Waals surface area (Å²) in [5, 5.41) is 5.07. The third-order valence-corrected chi connectivity index (χ3v) is 4.51. The number of nitrogens with one attached hydrogen (secondary N) is 1. The van der Waals surface area contributed by atoms with E-state index in [1.807, 2.05) is 17.5 Å². The molecule has 1 N–H and O–H groups in total. The molecule has 0 bridgehead atoms. The van der Waals surface area contributed by atoms with Crippen LogP contribution in [0.25, 0.3) is 0 Å². The Hall–Kier alpha value is -2.47. The van der Waals surface area contributed by atoms with Gasteiger partial charge in [0.25, 0.3) is 0 Å². The van der Waals surface area contributed by atoms with Crippen LogP contribution >= 0.6 is 11.5 Å². The van der Waals surface area contributed by atoms with Crippen LogP contribution in [0.1, 0.15) is 17.5 Å². The van der Waals surface area contributed by atoms with Gasteiger partial charge in [-0.2, -0.15) is 9.36 Å². The molecule has 1 aliphatic rings. The lowest BCUT2D eigenvalue weighted by Crippen LogP contribution is -2.25. The lowest BCUT2D eigenvalue weighted by atomic mass is 9.99. The number of anilines is 4. The molecule has 4 rings (SSSR count). The van der Waals surface area contributed by atoms with E-state index in [1.165, 1.54) is 28.3 Å².